The number of carbonyl (C=O) groups is 1. The van der Waals surface area contributed by atoms with Gasteiger partial charge in [0.15, 0.2) is 0 Å². The molecule has 18 heavy (non-hydrogen) atoms. The Morgan fingerprint density at radius 3 is 3.28 bits per heavy atom. The van der Waals surface area contributed by atoms with Crippen LogP contribution < -0.4 is 10.6 Å². The van der Waals surface area contributed by atoms with Gasteiger partial charge in [-0.25, -0.2) is 9.78 Å². The van der Waals surface area contributed by atoms with Crippen LogP contribution in [0.25, 0.3) is 0 Å². The van der Waals surface area contributed by atoms with Crippen molar-refractivity contribution in [3.05, 3.63) is 23.9 Å². The molecule has 2 heterocycles. The first-order valence-electron chi connectivity index (χ1n) is 6.31. The molecule has 98 valence electrons. The van der Waals surface area contributed by atoms with Gasteiger partial charge in [-0.05, 0) is 37.9 Å². The molecule has 1 atom stereocenters. The summed E-state index contributed by atoms with van der Waals surface area (Å²) in [6.45, 7) is 1.98. The molecule has 1 aliphatic heterocycles. The summed E-state index contributed by atoms with van der Waals surface area (Å²) in [4.78, 5) is 15.5. The van der Waals surface area contributed by atoms with E-state index >= 15 is 0 Å². The van der Waals surface area contributed by atoms with Gasteiger partial charge in [-0.1, -0.05) is 0 Å². The fourth-order valence-electron chi connectivity index (χ4n) is 2.15. The SMILES string of the molecule is COC(=O)c1ccnc(NCC[C@@H]2CCCN2)c1. The van der Waals surface area contributed by atoms with Gasteiger partial charge in [0.05, 0.1) is 12.7 Å². The van der Waals surface area contributed by atoms with Crippen LogP contribution in [0.4, 0.5) is 5.82 Å². The summed E-state index contributed by atoms with van der Waals surface area (Å²) >= 11 is 0. The van der Waals surface area contributed by atoms with Crippen molar-refractivity contribution in [2.45, 2.75) is 25.3 Å². The number of carbonyl (C=O) groups excluding carboxylic acids is 1. The number of hydrogen-bond acceptors (Lipinski definition) is 5. The quantitative estimate of drug-likeness (QED) is 0.773. The zero-order valence-corrected chi connectivity index (χ0v) is 10.6. The first-order valence-corrected chi connectivity index (χ1v) is 6.31. The van der Waals surface area contributed by atoms with E-state index in [1.165, 1.54) is 20.0 Å². The lowest BCUT2D eigenvalue weighted by Gasteiger charge is -2.11. The van der Waals surface area contributed by atoms with Crippen molar-refractivity contribution < 1.29 is 9.53 Å². The zero-order chi connectivity index (χ0) is 12.8. The van der Waals surface area contributed by atoms with Crippen molar-refractivity contribution in [1.82, 2.24) is 10.3 Å². The second kappa shape index (κ2) is 6.35. The maximum absolute atomic E-state index is 11.4. The van der Waals surface area contributed by atoms with Crippen molar-refractivity contribution in [1.29, 1.82) is 0 Å². The molecule has 1 aromatic heterocycles. The summed E-state index contributed by atoms with van der Waals surface area (Å²) < 4.78 is 4.67. The van der Waals surface area contributed by atoms with Crippen LogP contribution in [0.5, 0.6) is 0 Å². The van der Waals surface area contributed by atoms with E-state index in [9.17, 15) is 4.79 Å². The van der Waals surface area contributed by atoms with E-state index in [4.69, 9.17) is 0 Å². The van der Waals surface area contributed by atoms with Crippen LogP contribution in [0.1, 0.15) is 29.6 Å². The summed E-state index contributed by atoms with van der Waals surface area (Å²) in [7, 11) is 1.38. The summed E-state index contributed by atoms with van der Waals surface area (Å²) in [5, 5.41) is 6.68. The molecule has 1 fully saturated rings. The topological polar surface area (TPSA) is 63.2 Å². The predicted molar refractivity (Wildman–Crippen MR) is 69.7 cm³/mol. The average Bonchev–Trinajstić information content (AvgIpc) is 2.91. The fourth-order valence-corrected chi connectivity index (χ4v) is 2.15. The number of methoxy groups -OCH3 is 1. The maximum Gasteiger partial charge on any atom is 0.338 e. The number of pyridine rings is 1. The van der Waals surface area contributed by atoms with Crippen molar-refractivity contribution in [3.63, 3.8) is 0 Å². The zero-order valence-electron chi connectivity index (χ0n) is 10.6. The van der Waals surface area contributed by atoms with E-state index < -0.39 is 0 Å². The summed E-state index contributed by atoms with van der Waals surface area (Å²) in [6, 6.07) is 3.98. The molecule has 1 aliphatic rings. The molecule has 5 nitrogen and oxygen atoms in total. The van der Waals surface area contributed by atoms with Crippen LogP contribution in [-0.4, -0.2) is 37.2 Å². The van der Waals surface area contributed by atoms with Gasteiger partial charge in [0, 0.05) is 18.8 Å². The molecule has 0 unspecified atom stereocenters. The molecule has 0 amide bonds. The van der Waals surface area contributed by atoms with Crippen molar-refractivity contribution >= 4 is 11.8 Å². The van der Waals surface area contributed by atoms with Gasteiger partial charge in [0.2, 0.25) is 0 Å². The standard InChI is InChI=1S/C13H19N3O2/c1-18-13(17)10-4-7-15-12(9-10)16-8-5-11-3-2-6-14-11/h4,7,9,11,14H,2-3,5-6,8H2,1H3,(H,15,16)/t11-/m0/s1. The number of rotatable bonds is 5. The highest BCUT2D eigenvalue weighted by Gasteiger charge is 2.13. The second-order valence-electron chi connectivity index (χ2n) is 4.43. The number of ether oxygens (including phenoxy) is 1. The Morgan fingerprint density at radius 2 is 2.56 bits per heavy atom. The van der Waals surface area contributed by atoms with Gasteiger partial charge in [0.25, 0.3) is 0 Å². The van der Waals surface area contributed by atoms with Crippen molar-refractivity contribution in [2.75, 3.05) is 25.5 Å². The number of nitrogens with zero attached hydrogens (tertiary/aromatic N) is 1. The molecule has 0 spiro atoms. The molecule has 1 aromatic rings. The monoisotopic (exact) mass is 249 g/mol. The molecular formula is C13H19N3O2. The van der Waals surface area contributed by atoms with Gasteiger partial charge in [-0.3, -0.25) is 0 Å². The molecule has 0 aliphatic carbocycles. The maximum atomic E-state index is 11.4. The normalized spacial score (nSPS) is 18.6. The Morgan fingerprint density at radius 1 is 1.67 bits per heavy atom. The Balaban J connectivity index is 1.83. The van der Waals surface area contributed by atoms with E-state index in [-0.39, 0.29) is 5.97 Å². The van der Waals surface area contributed by atoms with Crippen LogP contribution in [-0.2, 0) is 4.74 Å². The van der Waals surface area contributed by atoms with Gasteiger partial charge in [-0.15, -0.1) is 0 Å². The highest BCUT2D eigenvalue weighted by molar-refractivity contribution is 5.89. The van der Waals surface area contributed by atoms with Gasteiger partial charge < -0.3 is 15.4 Å². The minimum Gasteiger partial charge on any atom is -0.465 e. The highest BCUT2D eigenvalue weighted by atomic mass is 16.5. The van der Waals surface area contributed by atoms with E-state index in [0.29, 0.717) is 11.6 Å². The minimum atomic E-state index is -0.335. The number of nitrogens with one attached hydrogen (secondary N) is 2. The Bertz CT molecular complexity index is 403. The number of hydrogen-bond donors (Lipinski definition) is 2. The molecule has 0 bridgehead atoms. The molecule has 0 saturated carbocycles. The number of anilines is 1. The first kappa shape index (κ1) is 12.8. The third-order valence-electron chi connectivity index (χ3n) is 3.14. The summed E-state index contributed by atoms with van der Waals surface area (Å²) in [5.74, 6) is 0.383. The van der Waals surface area contributed by atoms with Gasteiger partial charge >= 0.3 is 5.97 Å². The van der Waals surface area contributed by atoms with Crippen molar-refractivity contribution in [2.24, 2.45) is 0 Å². The van der Waals surface area contributed by atoms with Crippen LogP contribution >= 0.6 is 0 Å². The number of esters is 1. The van der Waals surface area contributed by atoms with E-state index in [1.54, 1.807) is 18.3 Å². The molecule has 5 heteroatoms. The summed E-state index contributed by atoms with van der Waals surface area (Å²) in [5.41, 5.74) is 0.522. The third-order valence-corrected chi connectivity index (χ3v) is 3.14. The Kier molecular flexibility index (Phi) is 4.52. The molecule has 2 N–H and O–H groups in total. The smallest absolute Gasteiger partial charge is 0.338 e. The van der Waals surface area contributed by atoms with E-state index in [2.05, 4.69) is 20.4 Å². The molecular weight excluding hydrogens is 230 g/mol. The second-order valence-corrected chi connectivity index (χ2v) is 4.43. The van der Waals surface area contributed by atoms with Gasteiger partial charge in [-0.2, -0.15) is 0 Å². The van der Waals surface area contributed by atoms with Crippen molar-refractivity contribution in [3.8, 4) is 0 Å². The number of aromatic nitrogens is 1. The highest BCUT2D eigenvalue weighted by Crippen LogP contribution is 2.11. The minimum absolute atomic E-state index is 0.335. The lowest BCUT2D eigenvalue weighted by Crippen LogP contribution is -2.24. The van der Waals surface area contributed by atoms with Crippen LogP contribution in [0.15, 0.2) is 18.3 Å². The fraction of sp³-hybridized carbons (Fsp3) is 0.538. The Hall–Kier alpha value is -1.62. The predicted octanol–water partition coefficient (Wildman–Crippen LogP) is 1.42. The first-order chi connectivity index (χ1) is 8.79. The molecule has 2 rings (SSSR count). The van der Waals surface area contributed by atoms with Gasteiger partial charge in [0.1, 0.15) is 5.82 Å². The average molecular weight is 249 g/mol. The van der Waals surface area contributed by atoms with E-state index in [1.807, 2.05) is 0 Å². The van der Waals surface area contributed by atoms with E-state index in [0.717, 1.165) is 25.3 Å². The molecule has 0 radical (unpaired) electrons. The van der Waals surface area contributed by atoms with Crippen LogP contribution in [0.3, 0.4) is 0 Å². The lowest BCUT2D eigenvalue weighted by atomic mass is 10.1. The van der Waals surface area contributed by atoms with Crippen LogP contribution in [0, 0.1) is 0 Å². The largest absolute Gasteiger partial charge is 0.465 e. The van der Waals surface area contributed by atoms with Crippen LogP contribution in [0.2, 0.25) is 0 Å². The third kappa shape index (κ3) is 3.43. The molecule has 1 saturated heterocycles. The summed E-state index contributed by atoms with van der Waals surface area (Å²) in [6.07, 6.45) is 5.20. The molecule has 0 aromatic carbocycles. The Labute approximate surface area is 107 Å². The lowest BCUT2D eigenvalue weighted by molar-refractivity contribution is 0.0600.